The van der Waals surface area contributed by atoms with Gasteiger partial charge in [-0.1, -0.05) is 73.3 Å². The Kier molecular flexibility index (Phi) is 6.57. The molecule has 6 heteroatoms. The van der Waals surface area contributed by atoms with Gasteiger partial charge in [0.2, 0.25) is 0 Å². The van der Waals surface area contributed by atoms with Crippen LogP contribution in [0.3, 0.4) is 0 Å². The van der Waals surface area contributed by atoms with E-state index in [4.69, 9.17) is 0 Å². The first-order valence-corrected chi connectivity index (χ1v) is 11.4. The highest BCUT2D eigenvalue weighted by atomic mass is 32.2. The van der Waals surface area contributed by atoms with E-state index in [1.807, 2.05) is 42.7 Å². The molecule has 4 nitrogen and oxygen atoms in total. The number of rotatable bonds is 7. The van der Waals surface area contributed by atoms with E-state index in [2.05, 4.69) is 52.5 Å². The summed E-state index contributed by atoms with van der Waals surface area (Å²) in [6.07, 6.45) is 6.33. The molecular weight excluding hydrogens is 410 g/mol. The number of nitrogens with zero attached hydrogens (tertiary/aromatic N) is 2. The lowest BCUT2D eigenvalue weighted by Crippen LogP contribution is -2.21. The largest absolute Gasteiger partial charge is 0.347 e. The highest BCUT2D eigenvalue weighted by Crippen LogP contribution is 2.33. The van der Waals surface area contributed by atoms with Crippen LogP contribution in [0.15, 0.2) is 88.5 Å². The molecule has 4 aromatic rings. The van der Waals surface area contributed by atoms with Gasteiger partial charge in [0.25, 0.3) is 5.91 Å². The first-order chi connectivity index (χ1) is 14.7. The molecule has 0 aliphatic heterocycles. The lowest BCUT2D eigenvalue weighted by atomic mass is 10.00. The molecule has 0 saturated heterocycles. The Hall–Kier alpha value is -2.96. The molecule has 0 unspecified atom stereocenters. The first-order valence-electron chi connectivity index (χ1n) is 9.72. The van der Waals surface area contributed by atoms with E-state index in [0.29, 0.717) is 11.4 Å². The molecule has 0 aliphatic rings. The lowest BCUT2D eigenvalue weighted by Gasteiger charge is -2.08. The number of carbonyl (C=O) groups excluding carboxylic acids is 1. The quantitative estimate of drug-likeness (QED) is 0.399. The fourth-order valence-electron chi connectivity index (χ4n) is 3.11. The van der Waals surface area contributed by atoms with Gasteiger partial charge in [-0.05, 0) is 29.2 Å². The Morgan fingerprint density at radius 2 is 1.83 bits per heavy atom. The van der Waals surface area contributed by atoms with Gasteiger partial charge in [-0.3, -0.25) is 9.78 Å². The molecule has 0 atom stereocenters. The lowest BCUT2D eigenvalue weighted by molar-refractivity contribution is 0.0954. The maximum atomic E-state index is 12.4. The van der Waals surface area contributed by atoms with Crippen molar-refractivity contribution in [2.75, 3.05) is 0 Å². The van der Waals surface area contributed by atoms with Crippen LogP contribution < -0.4 is 5.32 Å². The minimum Gasteiger partial charge on any atom is -0.347 e. The van der Waals surface area contributed by atoms with Crippen LogP contribution in [0.1, 0.15) is 27.7 Å². The van der Waals surface area contributed by atoms with E-state index >= 15 is 0 Å². The second kappa shape index (κ2) is 9.69. The molecule has 2 aromatic carbocycles. The van der Waals surface area contributed by atoms with Crippen LogP contribution in [-0.2, 0) is 13.0 Å². The van der Waals surface area contributed by atoms with Gasteiger partial charge < -0.3 is 5.32 Å². The summed E-state index contributed by atoms with van der Waals surface area (Å²) in [5, 5.41) is 2.95. The third-order valence-corrected chi connectivity index (χ3v) is 6.66. The summed E-state index contributed by atoms with van der Waals surface area (Å²) in [7, 11) is 0. The molecule has 1 amide bonds. The van der Waals surface area contributed by atoms with Gasteiger partial charge in [0, 0.05) is 29.4 Å². The molecule has 0 fully saturated rings. The average Bonchev–Trinajstić information content (AvgIpc) is 3.27. The number of hydrogen-bond acceptors (Lipinski definition) is 5. The van der Waals surface area contributed by atoms with E-state index in [0.717, 1.165) is 26.8 Å². The van der Waals surface area contributed by atoms with E-state index in [1.54, 1.807) is 6.20 Å². The third-order valence-electron chi connectivity index (χ3n) is 4.63. The van der Waals surface area contributed by atoms with Crippen molar-refractivity contribution in [3.05, 3.63) is 95.3 Å². The van der Waals surface area contributed by atoms with Gasteiger partial charge in [0.1, 0.15) is 4.88 Å². The Balaban J connectivity index is 1.44. The number of aromatic nitrogens is 2. The number of hydrogen-bond donors (Lipinski definition) is 1. The van der Waals surface area contributed by atoms with Gasteiger partial charge in [-0.2, -0.15) is 0 Å². The molecule has 0 saturated carbocycles. The highest BCUT2D eigenvalue weighted by molar-refractivity contribution is 8.01. The zero-order valence-electron chi connectivity index (χ0n) is 16.5. The second-order valence-corrected chi connectivity index (χ2v) is 9.03. The van der Waals surface area contributed by atoms with Gasteiger partial charge in [-0.25, -0.2) is 4.98 Å². The van der Waals surface area contributed by atoms with Crippen LogP contribution >= 0.6 is 23.1 Å². The van der Waals surface area contributed by atoms with Crippen molar-refractivity contribution in [3.8, 4) is 11.1 Å². The number of amides is 1. The molecule has 30 heavy (non-hydrogen) atoms. The summed E-state index contributed by atoms with van der Waals surface area (Å²) in [5.74, 6) is -0.105. The predicted molar refractivity (Wildman–Crippen MR) is 123 cm³/mol. The molecular formula is C24H21N3OS2. The molecule has 0 spiro atoms. The minimum atomic E-state index is -0.105. The maximum Gasteiger partial charge on any atom is 0.263 e. The van der Waals surface area contributed by atoms with Gasteiger partial charge >= 0.3 is 0 Å². The van der Waals surface area contributed by atoms with Crippen LogP contribution in [0.4, 0.5) is 0 Å². The molecule has 2 aromatic heterocycles. The number of aryl methyl sites for hydroxylation is 1. The van der Waals surface area contributed by atoms with Crippen molar-refractivity contribution >= 4 is 29.0 Å². The van der Waals surface area contributed by atoms with Crippen molar-refractivity contribution in [1.29, 1.82) is 0 Å². The SMILES string of the molecule is CCc1ccccc1-c1cncc(Sc2ncc(C(=O)NCc3ccccc3)s2)c1. The Labute approximate surface area is 184 Å². The van der Waals surface area contributed by atoms with Crippen molar-refractivity contribution < 1.29 is 4.79 Å². The number of pyridine rings is 1. The number of carbonyl (C=O) groups is 1. The fraction of sp³-hybridized carbons (Fsp3) is 0.125. The van der Waals surface area contributed by atoms with E-state index in [9.17, 15) is 4.79 Å². The Bertz CT molecular complexity index is 1140. The standard InChI is InChI=1S/C24H21N3OS2/c1-2-18-10-6-7-11-21(18)19-12-20(15-25-14-19)29-24-27-16-22(30-24)23(28)26-13-17-8-4-3-5-9-17/h3-12,14-16H,2,13H2,1H3,(H,26,28). The molecule has 1 N–H and O–H groups in total. The van der Waals surface area contributed by atoms with E-state index < -0.39 is 0 Å². The summed E-state index contributed by atoms with van der Waals surface area (Å²) in [4.78, 5) is 22.9. The molecule has 150 valence electrons. The molecule has 0 radical (unpaired) electrons. The maximum absolute atomic E-state index is 12.4. The smallest absolute Gasteiger partial charge is 0.263 e. The molecule has 0 aliphatic carbocycles. The zero-order chi connectivity index (χ0) is 20.8. The van der Waals surface area contributed by atoms with Crippen molar-refractivity contribution in [3.63, 3.8) is 0 Å². The van der Waals surface area contributed by atoms with Crippen LogP contribution in [0.25, 0.3) is 11.1 Å². The predicted octanol–water partition coefficient (Wildman–Crippen LogP) is 5.85. The number of benzene rings is 2. The summed E-state index contributed by atoms with van der Waals surface area (Å²) in [6.45, 7) is 2.66. The Morgan fingerprint density at radius 3 is 2.67 bits per heavy atom. The van der Waals surface area contributed by atoms with Gasteiger partial charge in [-0.15, -0.1) is 11.3 Å². The number of thiazole rings is 1. The third kappa shape index (κ3) is 4.96. The van der Waals surface area contributed by atoms with Crippen LogP contribution in [0, 0.1) is 0 Å². The monoisotopic (exact) mass is 431 g/mol. The summed E-state index contributed by atoms with van der Waals surface area (Å²) < 4.78 is 0.822. The summed E-state index contributed by atoms with van der Waals surface area (Å²) in [5.41, 5.74) is 4.66. The normalized spacial score (nSPS) is 10.7. The second-order valence-electron chi connectivity index (χ2n) is 6.68. The minimum absolute atomic E-state index is 0.105. The van der Waals surface area contributed by atoms with Crippen molar-refractivity contribution in [2.24, 2.45) is 0 Å². The molecule has 2 heterocycles. The van der Waals surface area contributed by atoms with Crippen LogP contribution in [0.2, 0.25) is 0 Å². The summed E-state index contributed by atoms with van der Waals surface area (Å²) in [6, 6.07) is 20.4. The van der Waals surface area contributed by atoms with Crippen molar-refractivity contribution in [1.82, 2.24) is 15.3 Å². The molecule has 4 rings (SSSR count). The Morgan fingerprint density at radius 1 is 1.03 bits per heavy atom. The fourth-order valence-corrected chi connectivity index (χ4v) is 5.00. The molecule has 0 bridgehead atoms. The topological polar surface area (TPSA) is 54.9 Å². The van der Waals surface area contributed by atoms with E-state index in [1.165, 1.54) is 34.2 Å². The van der Waals surface area contributed by atoms with Crippen LogP contribution in [0.5, 0.6) is 0 Å². The summed E-state index contributed by atoms with van der Waals surface area (Å²) >= 11 is 2.92. The zero-order valence-corrected chi connectivity index (χ0v) is 18.2. The van der Waals surface area contributed by atoms with Crippen molar-refractivity contribution in [2.45, 2.75) is 29.1 Å². The highest BCUT2D eigenvalue weighted by Gasteiger charge is 2.12. The van der Waals surface area contributed by atoms with Gasteiger partial charge in [0.15, 0.2) is 4.34 Å². The number of nitrogens with one attached hydrogen (secondary N) is 1. The van der Waals surface area contributed by atoms with Gasteiger partial charge in [0.05, 0.1) is 6.20 Å². The van der Waals surface area contributed by atoms with Crippen LogP contribution in [-0.4, -0.2) is 15.9 Å². The average molecular weight is 432 g/mol. The first kappa shape index (κ1) is 20.3. The van der Waals surface area contributed by atoms with E-state index in [-0.39, 0.29) is 5.91 Å².